The highest BCUT2D eigenvalue weighted by Crippen LogP contribution is 2.39. The molecule has 0 aliphatic heterocycles. The Kier molecular flexibility index (Phi) is 3.34. The Balaban J connectivity index is 2.42. The molecule has 0 amide bonds. The van der Waals surface area contributed by atoms with Crippen LogP contribution in [0.3, 0.4) is 0 Å². The van der Waals surface area contributed by atoms with Crippen LogP contribution in [0.15, 0.2) is 0 Å². The molecule has 66 valence electrons. The number of carbonyl (C=O) groups excluding carboxylic acids is 1. The molecular weight excluding hydrogens is 148 g/mol. The topological polar surface area (TPSA) is 17.1 Å². The first kappa shape index (κ1) is 9.32. The van der Waals surface area contributed by atoms with Crippen LogP contribution in [0.5, 0.6) is 0 Å². The molecule has 0 saturated heterocycles. The van der Waals surface area contributed by atoms with Gasteiger partial charge in [-0.1, -0.05) is 12.8 Å². The van der Waals surface area contributed by atoms with Crippen LogP contribution in [-0.2, 0) is 4.79 Å². The third-order valence-electron chi connectivity index (χ3n) is 2.77. The Morgan fingerprint density at radius 2 is 2.08 bits per heavy atom. The minimum Gasteiger partial charge on any atom is -0.303 e. The van der Waals surface area contributed by atoms with Gasteiger partial charge in [-0.15, -0.1) is 11.8 Å². The Labute approximate surface area is 74.5 Å². The molecule has 0 unspecified atom stereocenters. The van der Waals surface area contributed by atoms with Crippen LogP contribution < -0.4 is 0 Å². The van der Waals surface area contributed by atoms with Gasteiger partial charge in [-0.25, -0.2) is 0 Å². The fraction of sp³-hybridized carbons (Fsp3) is 0.727. The number of aldehydes is 1. The molecule has 0 N–H and O–H groups in total. The van der Waals surface area contributed by atoms with Crippen molar-refractivity contribution in [1.29, 1.82) is 0 Å². The summed E-state index contributed by atoms with van der Waals surface area (Å²) in [5.74, 6) is 5.89. The quantitative estimate of drug-likeness (QED) is 0.463. The molecule has 0 heterocycles. The number of hydrogen-bond acceptors (Lipinski definition) is 1. The average molecular weight is 164 g/mol. The van der Waals surface area contributed by atoms with Gasteiger partial charge >= 0.3 is 0 Å². The Bertz CT molecular complexity index is 201. The van der Waals surface area contributed by atoms with Crippen LogP contribution in [0.25, 0.3) is 0 Å². The summed E-state index contributed by atoms with van der Waals surface area (Å²) < 4.78 is 0. The van der Waals surface area contributed by atoms with Crippen molar-refractivity contribution in [3.63, 3.8) is 0 Å². The lowest BCUT2D eigenvalue weighted by Gasteiger charge is -2.19. The summed E-state index contributed by atoms with van der Waals surface area (Å²) >= 11 is 0. The highest BCUT2D eigenvalue weighted by Gasteiger charge is 2.32. The van der Waals surface area contributed by atoms with Crippen LogP contribution in [0, 0.1) is 17.3 Å². The van der Waals surface area contributed by atoms with Gasteiger partial charge in [-0.3, -0.25) is 0 Å². The number of rotatable bonds is 3. The average Bonchev–Trinajstić information content (AvgIpc) is 2.55. The van der Waals surface area contributed by atoms with Crippen molar-refractivity contribution >= 4 is 6.29 Å². The summed E-state index contributed by atoms with van der Waals surface area (Å²) in [5.41, 5.74) is 0.00382. The molecule has 0 aromatic carbocycles. The lowest BCUT2D eigenvalue weighted by molar-refractivity contribution is -0.116. The second-order valence-electron chi connectivity index (χ2n) is 3.61. The Morgan fingerprint density at radius 1 is 1.42 bits per heavy atom. The molecule has 0 aromatic heterocycles. The van der Waals surface area contributed by atoms with Gasteiger partial charge in [0.25, 0.3) is 0 Å². The molecule has 1 rings (SSSR count). The normalized spacial score (nSPS) is 19.8. The predicted molar refractivity (Wildman–Crippen MR) is 49.6 cm³/mol. The van der Waals surface area contributed by atoms with E-state index in [0.717, 1.165) is 32.0 Å². The Morgan fingerprint density at radius 3 is 2.58 bits per heavy atom. The lowest BCUT2D eigenvalue weighted by Crippen LogP contribution is -2.17. The molecule has 0 radical (unpaired) electrons. The summed E-state index contributed by atoms with van der Waals surface area (Å²) in [4.78, 5) is 10.9. The minimum atomic E-state index is 0.00382. The van der Waals surface area contributed by atoms with Crippen LogP contribution in [0.2, 0.25) is 0 Å². The molecule has 1 nitrogen and oxygen atoms in total. The summed E-state index contributed by atoms with van der Waals surface area (Å²) in [7, 11) is 0. The van der Waals surface area contributed by atoms with Crippen LogP contribution in [0.4, 0.5) is 0 Å². The zero-order valence-electron chi connectivity index (χ0n) is 7.73. The molecule has 0 aromatic rings. The minimum absolute atomic E-state index is 0.00382. The third kappa shape index (κ3) is 2.11. The summed E-state index contributed by atoms with van der Waals surface area (Å²) in [6, 6.07) is 0. The van der Waals surface area contributed by atoms with Gasteiger partial charge < -0.3 is 4.79 Å². The monoisotopic (exact) mass is 164 g/mol. The molecule has 1 heteroatoms. The van der Waals surface area contributed by atoms with E-state index in [0.29, 0.717) is 0 Å². The molecule has 0 atom stereocenters. The van der Waals surface area contributed by atoms with Gasteiger partial charge in [0, 0.05) is 11.8 Å². The number of hydrogen-bond donors (Lipinski definition) is 0. The van der Waals surface area contributed by atoms with E-state index in [1.54, 1.807) is 0 Å². The maximum Gasteiger partial charge on any atom is 0.126 e. The SMILES string of the molecule is CC#CCCC1(C=O)CCCC1. The fourth-order valence-corrected chi connectivity index (χ4v) is 1.94. The van der Waals surface area contributed by atoms with E-state index < -0.39 is 0 Å². The standard InChI is InChI=1S/C11H16O/c1-2-3-4-7-11(10-12)8-5-6-9-11/h10H,4-9H2,1H3. The molecule has 1 aliphatic rings. The van der Waals surface area contributed by atoms with Crippen molar-refractivity contribution in [1.82, 2.24) is 0 Å². The maximum absolute atomic E-state index is 10.9. The van der Waals surface area contributed by atoms with E-state index in [1.165, 1.54) is 12.8 Å². The molecular formula is C11H16O. The summed E-state index contributed by atoms with van der Waals surface area (Å²) in [5, 5.41) is 0. The first-order valence-corrected chi connectivity index (χ1v) is 4.69. The highest BCUT2D eigenvalue weighted by atomic mass is 16.1. The zero-order valence-corrected chi connectivity index (χ0v) is 7.73. The van der Waals surface area contributed by atoms with Crippen molar-refractivity contribution in [3.05, 3.63) is 0 Å². The maximum atomic E-state index is 10.9. The molecule has 1 saturated carbocycles. The van der Waals surface area contributed by atoms with Gasteiger partial charge in [-0.2, -0.15) is 0 Å². The van der Waals surface area contributed by atoms with E-state index in [4.69, 9.17) is 0 Å². The van der Waals surface area contributed by atoms with Crippen molar-refractivity contribution < 1.29 is 4.79 Å². The van der Waals surface area contributed by atoms with Gasteiger partial charge in [0.1, 0.15) is 6.29 Å². The smallest absolute Gasteiger partial charge is 0.126 e. The lowest BCUT2D eigenvalue weighted by atomic mass is 9.83. The fourth-order valence-electron chi connectivity index (χ4n) is 1.94. The van der Waals surface area contributed by atoms with Crippen molar-refractivity contribution in [2.75, 3.05) is 0 Å². The number of carbonyl (C=O) groups is 1. The molecule has 12 heavy (non-hydrogen) atoms. The van der Waals surface area contributed by atoms with Crippen molar-refractivity contribution in [3.8, 4) is 11.8 Å². The van der Waals surface area contributed by atoms with E-state index in [2.05, 4.69) is 11.8 Å². The van der Waals surface area contributed by atoms with E-state index >= 15 is 0 Å². The second-order valence-corrected chi connectivity index (χ2v) is 3.61. The zero-order chi connectivity index (χ0) is 8.86. The third-order valence-corrected chi connectivity index (χ3v) is 2.77. The van der Waals surface area contributed by atoms with Gasteiger partial charge in [0.05, 0.1) is 0 Å². The van der Waals surface area contributed by atoms with Crippen LogP contribution >= 0.6 is 0 Å². The second kappa shape index (κ2) is 4.30. The molecule has 1 fully saturated rings. The molecule has 1 aliphatic carbocycles. The predicted octanol–water partition coefficient (Wildman–Crippen LogP) is 2.55. The molecule has 0 spiro atoms. The molecule has 0 bridgehead atoms. The highest BCUT2D eigenvalue weighted by molar-refractivity contribution is 5.59. The first-order chi connectivity index (χ1) is 5.83. The van der Waals surface area contributed by atoms with Gasteiger partial charge in [0.2, 0.25) is 0 Å². The van der Waals surface area contributed by atoms with Crippen molar-refractivity contribution in [2.24, 2.45) is 5.41 Å². The van der Waals surface area contributed by atoms with Crippen molar-refractivity contribution in [2.45, 2.75) is 45.4 Å². The van der Waals surface area contributed by atoms with Crippen LogP contribution in [-0.4, -0.2) is 6.29 Å². The Hall–Kier alpha value is -0.770. The van der Waals surface area contributed by atoms with Gasteiger partial charge in [0.15, 0.2) is 0 Å². The summed E-state index contributed by atoms with van der Waals surface area (Å²) in [6.07, 6.45) is 7.63. The van der Waals surface area contributed by atoms with E-state index in [-0.39, 0.29) is 5.41 Å². The largest absolute Gasteiger partial charge is 0.303 e. The van der Waals surface area contributed by atoms with Crippen LogP contribution in [0.1, 0.15) is 45.4 Å². The summed E-state index contributed by atoms with van der Waals surface area (Å²) in [6.45, 7) is 1.85. The van der Waals surface area contributed by atoms with E-state index in [1.807, 2.05) is 6.92 Å². The van der Waals surface area contributed by atoms with E-state index in [9.17, 15) is 4.79 Å². The van der Waals surface area contributed by atoms with Gasteiger partial charge in [-0.05, 0) is 26.2 Å². The first-order valence-electron chi connectivity index (χ1n) is 4.69.